The second-order valence-electron chi connectivity index (χ2n) is 5.78. The van der Waals surface area contributed by atoms with Gasteiger partial charge in [0, 0.05) is 37.3 Å². The number of hydrogen-bond donors (Lipinski definition) is 1. The number of benzene rings is 1. The third-order valence-electron chi connectivity index (χ3n) is 3.95. The first-order valence-corrected chi connectivity index (χ1v) is 9.37. The number of anilines is 1. The average Bonchev–Trinajstić information content (AvgIpc) is 3.14. The molecular weight excluding hydrogens is 374 g/mol. The first-order chi connectivity index (χ1) is 12.6. The lowest BCUT2D eigenvalue weighted by molar-refractivity contribution is -0.127. The van der Waals surface area contributed by atoms with Crippen LogP contribution in [-0.4, -0.2) is 64.5 Å². The number of piperazine rings is 1. The van der Waals surface area contributed by atoms with E-state index < -0.39 is 0 Å². The Morgan fingerprint density at radius 1 is 1.19 bits per heavy atom. The summed E-state index contributed by atoms with van der Waals surface area (Å²) in [4.78, 5) is 28.0. The molecule has 9 heteroatoms. The van der Waals surface area contributed by atoms with Gasteiger partial charge in [-0.3, -0.25) is 19.8 Å². The van der Waals surface area contributed by atoms with Crippen LogP contribution < -0.4 is 5.32 Å². The number of carbonyl (C=O) groups excluding carboxylic acids is 2. The van der Waals surface area contributed by atoms with Crippen molar-refractivity contribution in [2.24, 2.45) is 0 Å². The molecule has 0 unspecified atom stereocenters. The second kappa shape index (κ2) is 8.88. The zero-order chi connectivity index (χ0) is 18.4. The van der Waals surface area contributed by atoms with Crippen LogP contribution in [0, 0.1) is 0 Å². The summed E-state index contributed by atoms with van der Waals surface area (Å²) in [7, 11) is 0. The molecule has 7 nitrogen and oxygen atoms in total. The highest BCUT2D eigenvalue weighted by Gasteiger charge is 2.21. The largest absolute Gasteiger partial charge is 0.337 e. The van der Waals surface area contributed by atoms with Crippen LogP contribution in [0.4, 0.5) is 5.13 Å². The molecule has 136 valence electrons. The highest BCUT2D eigenvalue weighted by molar-refractivity contribution is 7.13. The maximum absolute atomic E-state index is 12.3. The van der Waals surface area contributed by atoms with E-state index in [1.807, 2.05) is 17.0 Å². The van der Waals surface area contributed by atoms with E-state index in [0.29, 0.717) is 36.3 Å². The molecular formula is C17H18ClN5O2S. The van der Waals surface area contributed by atoms with Gasteiger partial charge in [0.1, 0.15) is 5.51 Å². The molecule has 2 heterocycles. The highest BCUT2D eigenvalue weighted by atomic mass is 35.5. The number of amides is 2. The van der Waals surface area contributed by atoms with Gasteiger partial charge in [0.15, 0.2) is 0 Å². The first kappa shape index (κ1) is 18.5. The number of carbonyl (C=O) groups is 2. The zero-order valence-corrected chi connectivity index (χ0v) is 15.5. The Bertz CT molecular complexity index is 771. The molecule has 1 fully saturated rings. The van der Waals surface area contributed by atoms with Crippen LogP contribution in [0.2, 0.25) is 5.02 Å². The SMILES string of the molecule is O=C(CN1CCN(C(=O)/C=C/c2ccc(Cl)cc2)CC1)Nc1nncs1. The lowest BCUT2D eigenvalue weighted by Crippen LogP contribution is -2.50. The molecule has 0 bridgehead atoms. The van der Waals surface area contributed by atoms with Gasteiger partial charge < -0.3 is 4.90 Å². The predicted molar refractivity (Wildman–Crippen MR) is 102 cm³/mol. The highest BCUT2D eigenvalue weighted by Crippen LogP contribution is 2.11. The summed E-state index contributed by atoms with van der Waals surface area (Å²) in [6.45, 7) is 2.78. The fraction of sp³-hybridized carbons (Fsp3) is 0.294. The van der Waals surface area contributed by atoms with Gasteiger partial charge in [-0.25, -0.2) is 0 Å². The normalized spacial score (nSPS) is 15.3. The van der Waals surface area contributed by atoms with Crippen molar-refractivity contribution in [3.63, 3.8) is 0 Å². The summed E-state index contributed by atoms with van der Waals surface area (Å²) in [5.74, 6) is -0.151. The average molecular weight is 392 g/mol. The Balaban J connectivity index is 1.43. The Hall–Kier alpha value is -2.29. The van der Waals surface area contributed by atoms with Crippen molar-refractivity contribution >= 4 is 46.0 Å². The van der Waals surface area contributed by atoms with Crippen molar-refractivity contribution in [3.05, 3.63) is 46.4 Å². The van der Waals surface area contributed by atoms with Crippen LogP contribution in [0.5, 0.6) is 0 Å². The fourth-order valence-electron chi connectivity index (χ4n) is 2.56. The number of aromatic nitrogens is 2. The van der Waals surface area contributed by atoms with Crippen molar-refractivity contribution < 1.29 is 9.59 Å². The molecule has 1 aliphatic heterocycles. The molecule has 1 aromatic carbocycles. The number of hydrogen-bond acceptors (Lipinski definition) is 6. The van der Waals surface area contributed by atoms with Crippen molar-refractivity contribution in [2.45, 2.75) is 0 Å². The predicted octanol–water partition coefficient (Wildman–Crippen LogP) is 1.99. The molecule has 1 N–H and O–H groups in total. The summed E-state index contributed by atoms with van der Waals surface area (Å²) in [6.07, 6.45) is 3.35. The molecule has 1 saturated heterocycles. The van der Waals surface area contributed by atoms with Crippen molar-refractivity contribution in [1.82, 2.24) is 20.0 Å². The molecule has 3 rings (SSSR count). The number of nitrogens with zero attached hydrogens (tertiary/aromatic N) is 4. The van der Waals surface area contributed by atoms with E-state index in [1.54, 1.807) is 34.7 Å². The Kier molecular flexibility index (Phi) is 6.32. The minimum Gasteiger partial charge on any atom is -0.337 e. The van der Waals surface area contributed by atoms with E-state index >= 15 is 0 Å². The minimum atomic E-state index is -0.121. The van der Waals surface area contributed by atoms with Crippen LogP contribution >= 0.6 is 22.9 Å². The van der Waals surface area contributed by atoms with Crippen LogP contribution in [0.25, 0.3) is 6.08 Å². The van der Waals surface area contributed by atoms with Gasteiger partial charge in [-0.05, 0) is 23.8 Å². The summed E-state index contributed by atoms with van der Waals surface area (Å²) >= 11 is 7.13. The minimum absolute atomic E-state index is 0.0297. The van der Waals surface area contributed by atoms with Crippen molar-refractivity contribution in [3.8, 4) is 0 Å². The summed E-state index contributed by atoms with van der Waals surface area (Å²) in [6, 6.07) is 7.30. The summed E-state index contributed by atoms with van der Waals surface area (Å²) < 4.78 is 0. The monoisotopic (exact) mass is 391 g/mol. The van der Waals surface area contributed by atoms with Crippen molar-refractivity contribution in [2.75, 3.05) is 38.0 Å². The van der Waals surface area contributed by atoms with E-state index in [0.717, 1.165) is 5.56 Å². The van der Waals surface area contributed by atoms with Gasteiger partial charge in [-0.15, -0.1) is 10.2 Å². The zero-order valence-electron chi connectivity index (χ0n) is 14.0. The van der Waals surface area contributed by atoms with Gasteiger partial charge >= 0.3 is 0 Å². The van der Waals surface area contributed by atoms with Crippen LogP contribution in [-0.2, 0) is 9.59 Å². The lowest BCUT2D eigenvalue weighted by Gasteiger charge is -2.33. The molecule has 0 atom stereocenters. The molecule has 0 spiro atoms. The molecule has 1 aromatic heterocycles. The summed E-state index contributed by atoms with van der Waals surface area (Å²) in [5, 5.41) is 11.3. The van der Waals surface area contributed by atoms with Crippen LogP contribution in [0.1, 0.15) is 5.56 Å². The molecule has 2 aromatic rings. The maximum atomic E-state index is 12.3. The van der Waals surface area contributed by atoms with E-state index in [2.05, 4.69) is 15.5 Å². The number of halogens is 1. The maximum Gasteiger partial charge on any atom is 0.246 e. The number of nitrogens with one attached hydrogen (secondary N) is 1. The molecule has 0 aliphatic carbocycles. The fourth-order valence-corrected chi connectivity index (χ4v) is 3.15. The second-order valence-corrected chi connectivity index (χ2v) is 7.05. The standard InChI is InChI=1S/C17H18ClN5O2S/c18-14-4-1-13(2-5-14)3-6-16(25)23-9-7-22(8-10-23)11-15(24)20-17-21-19-12-26-17/h1-6,12H,7-11H2,(H,20,21,24)/b6-3+. The van der Waals surface area contributed by atoms with E-state index in [1.165, 1.54) is 11.3 Å². The molecule has 0 saturated carbocycles. The molecule has 1 aliphatic rings. The third-order valence-corrected chi connectivity index (χ3v) is 4.80. The Morgan fingerprint density at radius 3 is 2.58 bits per heavy atom. The van der Waals surface area contributed by atoms with E-state index in [-0.39, 0.29) is 18.4 Å². The van der Waals surface area contributed by atoms with Gasteiger partial charge in [-0.2, -0.15) is 0 Å². The smallest absolute Gasteiger partial charge is 0.246 e. The quantitative estimate of drug-likeness (QED) is 0.788. The van der Waals surface area contributed by atoms with Crippen LogP contribution in [0.3, 0.4) is 0 Å². The molecule has 26 heavy (non-hydrogen) atoms. The van der Waals surface area contributed by atoms with E-state index in [9.17, 15) is 9.59 Å². The Morgan fingerprint density at radius 2 is 1.92 bits per heavy atom. The third kappa shape index (κ3) is 5.35. The van der Waals surface area contributed by atoms with Gasteiger partial charge in [0.05, 0.1) is 6.54 Å². The van der Waals surface area contributed by atoms with E-state index in [4.69, 9.17) is 11.6 Å². The van der Waals surface area contributed by atoms with Crippen molar-refractivity contribution in [1.29, 1.82) is 0 Å². The Labute approximate surface area is 160 Å². The first-order valence-electron chi connectivity index (χ1n) is 8.11. The summed E-state index contributed by atoms with van der Waals surface area (Å²) in [5.41, 5.74) is 2.49. The molecule has 2 amide bonds. The number of rotatable bonds is 5. The topological polar surface area (TPSA) is 78.4 Å². The van der Waals surface area contributed by atoms with Crippen LogP contribution in [0.15, 0.2) is 35.9 Å². The molecule has 0 radical (unpaired) electrons. The lowest BCUT2D eigenvalue weighted by atomic mass is 10.2. The van der Waals surface area contributed by atoms with Gasteiger partial charge in [0.2, 0.25) is 16.9 Å². The van der Waals surface area contributed by atoms with Gasteiger partial charge in [-0.1, -0.05) is 35.1 Å². The van der Waals surface area contributed by atoms with Gasteiger partial charge in [0.25, 0.3) is 0 Å².